The predicted molar refractivity (Wildman–Crippen MR) is 38.9 cm³/mol. The topological polar surface area (TPSA) is 117 Å². The van der Waals surface area contributed by atoms with E-state index in [0.717, 1.165) is 5.52 Å². The lowest BCUT2D eigenvalue weighted by atomic mass is 10.6. The molecule has 6 nitrogen and oxygen atoms in total. The zero-order chi connectivity index (χ0) is 6.10. The predicted octanol–water partition coefficient (Wildman–Crippen LogP) is -1.30. The number of H-pyrrole nitrogens is 1. The fourth-order valence-corrected chi connectivity index (χ4v) is 0.691. The molecule has 60 valence electrons. The van der Waals surface area contributed by atoms with Gasteiger partial charge in [0, 0.05) is 0 Å². The molecule has 0 unspecified atom stereocenters. The van der Waals surface area contributed by atoms with Crippen molar-refractivity contribution in [1.82, 2.24) is 19.9 Å². The van der Waals surface area contributed by atoms with Crippen molar-refractivity contribution in [2.75, 3.05) is 0 Å². The van der Waals surface area contributed by atoms with Gasteiger partial charge in [-0.25, -0.2) is 15.0 Å². The van der Waals surface area contributed by atoms with Gasteiger partial charge < -0.3 is 15.9 Å². The highest BCUT2D eigenvalue weighted by Crippen LogP contribution is 1.99. The van der Waals surface area contributed by atoms with Gasteiger partial charge in [-0.15, -0.1) is 0 Å². The van der Waals surface area contributed by atoms with Crippen molar-refractivity contribution in [3.05, 3.63) is 18.9 Å². The van der Waals surface area contributed by atoms with Crippen LogP contribution in [0.5, 0.6) is 0 Å². The van der Waals surface area contributed by atoms with E-state index in [-0.39, 0.29) is 11.0 Å². The average molecular weight is 156 g/mol. The van der Waals surface area contributed by atoms with Crippen LogP contribution >= 0.6 is 0 Å². The normalized spacial score (nSPS) is 8.36. The molecule has 0 atom stereocenters. The smallest absolute Gasteiger partial charge is 0.180 e. The van der Waals surface area contributed by atoms with Crippen LogP contribution in [0, 0.1) is 0 Å². The van der Waals surface area contributed by atoms with Gasteiger partial charge in [-0.3, -0.25) is 0 Å². The van der Waals surface area contributed by atoms with Crippen molar-refractivity contribution in [2.45, 2.75) is 0 Å². The van der Waals surface area contributed by atoms with Gasteiger partial charge in [-0.05, 0) is 0 Å². The summed E-state index contributed by atoms with van der Waals surface area (Å²) in [7, 11) is 0. The number of aromatic amines is 1. The second kappa shape index (κ2) is 3.59. The highest BCUT2D eigenvalue weighted by Gasteiger charge is 1.91. The first-order valence-electron chi connectivity index (χ1n) is 2.56. The molecule has 0 aliphatic carbocycles. The molecule has 0 aliphatic heterocycles. The average Bonchev–Trinajstić information content (AvgIpc) is 2.33. The summed E-state index contributed by atoms with van der Waals surface area (Å²) in [5.41, 5.74) is 1.59. The SMILES string of the molecule is O.O.c1ncc2[nH]cnc2n1. The fourth-order valence-electron chi connectivity index (χ4n) is 0.691. The summed E-state index contributed by atoms with van der Waals surface area (Å²) in [6.07, 6.45) is 4.76. The number of imidazole rings is 1. The van der Waals surface area contributed by atoms with Gasteiger partial charge in [-0.2, -0.15) is 0 Å². The molecule has 0 saturated heterocycles. The molecule has 0 radical (unpaired) electrons. The molecule has 0 aromatic carbocycles. The number of nitrogens with zero attached hydrogens (tertiary/aromatic N) is 3. The van der Waals surface area contributed by atoms with E-state index in [1.54, 1.807) is 12.5 Å². The van der Waals surface area contributed by atoms with Crippen LogP contribution in [0.1, 0.15) is 0 Å². The van der Waals surface area contributed by atoms with Gasteiger partial charge in [-0.1, -0.05) is 0 Å². The molecule has 2 rings (SSSR count). The van der Waals surface area contributed by atoms with Crippen LogP contribution in [0.3, 0.4) is 0 Å². The lowest BCUT2D eigenvalue weighted by Crippen LogP contribution is -1.76. The Morgan fingerprint density at radius 2 is 2.00 bits per heavy atom. The van der Waals surface area contributed by atoms with E-state index in [0.29, 0.717) is 5.65 Å². The summed E-state index contributed by atoms with van der Waals surface area (Å²) in [4.78, 5) is 14.5. The minimum absolute atomic E-state index is 0. The minimum atomic E-state index is 0. The Hall–Kier alpha value is -1.53. The molecule has 0 fully saturated rings. The third kappa shape index (κ3) is 1.48. The molecule has 2 aromatic heterocycles. The van der Waals surface area contributed by atoms with Crippen LogP contribution in [0.4, 0.5) is 0 Å². The van der Waals surface area contributed by atoms with E-state index in [1.807, 2.05) is 0 Å². The molecule has 0 amide bonds. The van der Waals surface area contributed by atoms with Gasteiger partial charge >= 0.3 is 0 Å². The lowest BCUT2D eigenvalue weighted by Gasteiger charge is -1.80. The molecular weight excluding hydrogens is 148 g/mol. The van der Waals surface area contributed by atoms with Crippen LogP contribution in [0.25, 0.3) is 11.2 Å². The summed E-state index contributed by atoms with van der Waals surface area (Å²) in [5, 5.41) is 0. The maximum absolute atomic E-state index is 3.91. The van der Waals surface area contributed by atoms with Crippen LogP contribution in [-0.4, -0.2) is 30.9 Å². The number of aromatic nitrogens is 4. The van der Waals surface area contributed by atoms with Crippen molar-refractivity contribution >= 4 is 11.2 Å². The maximum Gasteiger partial charge on any atom is 0.180 e. The van der Waals surface area contributed by atoms with Crippen molar-refractivity contribution in [3.63, 3.8) is 0 Å². The molecule has 6 heteroatoms. The third-order valence-electron chi connectivity index (χ3n) is 1.10. The quantitative estimate of drug-likeness (QED) is 0.510. The Morgan fingerprint density at radius 1 is 1.18 bits per heavy atom. The van der Waals surface area contributed by atoms with E-state index in [4.69, 9.17) is 0 Å². The summed E-state index contributed by atoms with van der Waals surface area (Å²) in [6, 6.07) is 0. The molecule has 2 aromatic rings. The minimum Gasteiger partial charge on any atom is -0.412 e. The monoisotopic (exact) mass is 156 g/mol. The number of nitrogens with one attached hydrogen (secondary N) is 1. The first-order valence-corrected chi connectivity index (χ1v) is 2.56. The van der Waals surface area contributed by atoms with Crippen LogP contribution in [0.15, 0.2) is 18.9 Å². The number of rotatable bonds is 0. The molecule has 2 heterocycles. The summed E-state index contributed by atoms with van der Waals surface area (Å²) in [5.74, 6) is 0. The van der Waals surface area contributed by atoms with Gasteiger partial charge in [0.1, 0.15) is 11.8 Å². The Morgan fingerprint density at radius 3 is 2.73 bits per heavy atom. The van der Waals surface area contributed by atoms with Gasteiger partial charge in [0.2, 0.25) is 0 Å². The van der Waals surface area contributed by atoms with Crippen LogP contribution < -0.4 is 0 Å². The Bertz CT molecular complexity index is 290. The largest absolute Gasteiger partial charge is 0.412 e. The Kier molecular flexibility index (Phi) is 3.09. The fraction of sp³-hybridized carbons (Fsp3) is 0. The highest BCUT2D eigenvalue weighted by atomic mass is 16.0. The lowest BCUT2D eigenvalue weighted by molar-refractivity contribution is 0.823. The Balaban J connectivity index is 0.000000500. The van der Waals surface area contributed by atoms with Gasteiger partial charge in [0.05, 0.1) is 12.5 Å². The molecule has 0 saturated carbocycles. The van der Waals surface area contributed by atoms with E-state index in [9.17, 15) is 0 Å². The second-order valence-corrected chi connectivity index (χ2v) is 1.66. The van der Waals surface area contributed by atoms with E-state index in [2.05, 4.69) is 19.9 Å². The van der Waals surface area contributed by atoms with Gasteiger partial charge in [0.15, 0.2) is 5.65 Å². The summed E-state index contributed by atoms with van der Waals surface area (Å²) in [6.45, 7) is 0. The number of hydrogen-bond donors (Lipinski definition) is 1. The van der Waals surface area contributed by atoms with Gasteiger partial charge in [0.25, 0.3) is 0 Å². The molecular formula is C5H8N4O2. The van der Waals surface area contributed by atoms with Crippen molar-refractivity contribution in [3.8, 4) is 0 Å². The second-order valence-electron chi connectivity index (χ2n) is 1.66. The molecule has 0 spiro atoms. The van der Waals surface area contributed by atoms with Crippen molar-refractivity contribution in [2.24, 2.45) is 0 Å². The van der Waals surface area contributed by atoms with Crippen molar-refractivity contribution < 1.29 is 11.0 Å². The molecule has 0 bridgehead atoms. The van der Waals surface area contributed by atoms with Crippen molar-refractivity contribution in [1.29, 1.82) is 0 Å². The van der Waals surface area contributed by atoms with E-state index in [1.165, 1.54) is 6.33 Å². The third-order valence-corrected chi connectivity index (χ3v) is 1.10. The molecule has 0 aliphatic rings. The summed E-state index contributed by atoms with van der Waals surface area (Å²) >= 11 is 0. The first kappa shape index (κ1) is 9.47. The first-order chi connectivity index (χ1) is 4.47. The number of fused-ring (bicyclic) bond motifs is 1. The summed E-state index contributed by atoms with van der Waals surface area (Å²) < 4.78 is 0. The highest BCUT2D eigenvalue weighted by molar-refractivity contribution is 5.67. The van der Waals surface area contributed by atoms with Crippen LogP contribution in [-0.2, 0) is 0 Å². The molecule has 11 heavy (non-hydrogen) atoms. The Labute approximate surface area is 61.9 Å². The maximum atomic E-state index is 3.91. The zero-order valence-electron chi connectivity index (χ0n) is 5.57. The standard InChI is InChI=1S/C5H4N4.2H2O/c1-4-5(8-2-6-1)9-3-7-4;;/h1-3H,(H,6,7,8,9);2*1H2. The zero-order valence-corrected chi connectivity index (χ0v) is 5.57. The van der Waals surface area contributed by atoms with E-state index >= 15 is 0 Å². The molecule has 5 N–H and O–H groups in total. The van der Waals surface area contributed by atoms with Crippen LogP contribution in [0.2, 0.25) is 0 Å². The van der Waals surface area contributed by atoms with E-state index < -0.39 is 0 Å². The number of hydrogen-bond acceptors (Lipinski definition) is 3.